The lowest BCUT2D eigenvalue weighted by Gasteiger charge is -2.13. The Labute approximate surface area is 188 Å². The van der Waals surface area contributed by atoms with Gasteiger partial charge in [-0.1, -0.05) is 6.92 Å². The first kappa shape index (κ1) is 22.0. The molecule has 2 heterocycles. The lowest BCUT2D eigenvalue weighted by molar-refractivity contribution is 0.509. The molecule has 1 atom stereocenters. The maximum absolute atomic E-state index is 13.8. The third kappa shape index (κ3) is 4.53. The van der Waals surface area contributed by atoms with Crippen molar-refractivity contribution in [2.24, 2.45) is 0 Å². The molecule has 1 N–H and O–H groups in total. The Balaban J connectivity index is 1.73. The van der Waals surface area contributed by atoms with Gasteiger partial charge in [-0.15, -0.1) is 11.3 Å². The number of thiazole rings is 1. The summed E-state index contributed by atoms with van der Waals surface area (Å²) >= 11 is 1.43. The Morgan fingerprint density at radius 3 is 2.44 bits per heavy atom. The molecule has 4 rings (SSSR count). The summed E-state index contributed by atoms with van der Waals surface area (Å²) in [5.74, 6) is 1.72. The maximum Gasteiger partial charge on any atom is 0.159 e. The third-order valence-corrected chi connectivity index (χ3v) is 7.47. The number of rotatable bonds is 6. The highest BCUT2D eigenvalue weighted by Gasteiger charge is 2.17. The summed E-state index contributed by atoms with van der Waals surface area (Å²) in [6, 6.07) is 12.3. The van der Waals surface area contributed by atoms with E-state index in [0.29, 0.717) is 34.0 Å². The van der Waals surface area contributed by atoms with Crippen LogP contribution in [0.5, 0.6) is 0 Å². The minimum Gasteiger partial charge on any atom is -0.294 e. The molecule has 2 aromatic carbocycles. The molecule has 0 aliphatic heterocycles. The number of nitrogens with one attached hydrogen (secondary N) is 1. The van der Waals surface area contributed by atoms with Gasteiger partial charge < -0.3 is 0 Å². The fraction of sp³-hybridized carbons (Fsp3) is 0.0870. The van der Waals surface area contributed by atoms with Gasteiger partial charge in [0.05, 0.1) is 25.3 Å². The molecule has 0 radical (unpaired) electrons. The van der Waals surface area contributed by atoms with Crippen LogP contribution in [0.2, 0.25) is 0 Å². The van der Waals surface area contributed by atoms with Gasteiger partial charge in [-0.05, 0) is 72.5 Å². The van der Waals surface area contributed by atoms with E-state index < -0.39 is 27.2 Å². The lowest BCUT2D eigenvalue weighted by Crippen LogP contribution is -2.13. The van der Waals surface area contributed by atoms with Gasteiger partial charge in [0.1, 0.15) is 11.6 Å². The zero-order valence-corrected chi connectivity index (χ0v) is 18.6. The SMILES string of the molecule is C=S(=O)(Nc1cc(-c2sc(CC)nc2-c2ccc(F)c(F)c2)ccn1)c1ccc(F)cc1. The molecule has 0 aliphatic rings. The summed E-state index contributed by atoms with van der Waals surface area (Å²) in [4.78, 5) is 9.89. The Morgan fingerprint density at radius 1 is 1.00 bits per heavy atom. The van der Waals surface area contributed by atoms with Crippen molar-refractivity contribution in [1.29, 1.82) is 0 Å². The van der Waals surface area contributed by atoms with Crippen LogP contribution in [-0.4, -0.2) is 20.0 Å². The number of pyridine rings is 1. The maximum atomic E-state index is 13.8. The van der Waals surface area contributed by atoms with Crippen LogP contribution in [0.25, 0.3) is 21.7 Å². The van der Waals surface area contributed by atoms with E-state index in [1.54, 1.807) is 12.1 Å². The summed E-state index contributed by atoms with van der Waals surface area (Å²) in [6.45, 7) is 1.96. The van der Waals surface area contributed by atoms with E-state index in [2.05, 4.69) is 20.6 Å². The van der Waals surface area contributed by atoms with Crippen molar-refractivity contribution in [3.63, 3.8) is 0 Å². The van der Waals surface area contributed by atoms with E-state index >= 15 is 0 Å². The molecule has 0 saturated carbocycles. The molecule has 1 unspecified atom stereocenters. The molecule has 0 spiro atoms. The third-order valence-electron chi connectivity index (χ3n) is 4.65. The van der Waals surface area contributed by atoms with Crippen LogP contribution in [-0.2, 0) is 16.1 Å². The molecular weight excluding hydrogens is 455 g/mol. The molecule has 0 saturated heterocycles. The molecule has 0 aliphatic carbocycles. The largest absolute Gasteiger partial charge is 0.294 e. The Morgan fingerprint density at radius 2 is 1.75 bits per heavy atom. The van der Waals surface area contributed by atoms with Crippen molar-refractivity contribution in [3.05, 3.63) is 83.3 Å². The molecule has 4 nitrogen and oxygen atoms in total. The Hall–Kier alpha value is -3.17. The first-order chi connectivity index (χ1) is 15.3. The van der Waals surface area contributed by atoms with Crippen molar-refractivity contribution >= 4 is 32.7 Å². The molecule has 0 amide bonds. The fourth-order valence-corrected chi connectivity index (χ4v) is 5.23. The quantitative estimate of drug-likeness (QED) is 0.352. The summed E-state index contributed by atoms with van der Waals surface area (Å²) in [6.07, 6.45) is 2.22. The first-order valence-corrected chi connectivity index (χ1v) is 12.1. The first-order valence-electron chi connectivity index (χ1n) is 9.59. The van der Waals surface area contributed by atoms with Gasteiger partial charge in [-0.3, -0.25) is 4.72 Å². The second-order valence-electron chi connectivity index (χ2n) is 6.93. The van der Waals surface area contributed by atoms with Gasteiger partial charge in [0.2, 0.25) is 0 Å². The summed E-state index contributed by atoms with van der Waals surface area (Å²) in [5, 5.41) is 0.832. The summed E-state index contributed by atoms with van der Waals surface area (Å²) < 4.78 is 56.3. The van der Waals surface area contributed by atoms with Crippen LogP contribution >= 0.6 is 11.3 Å². The van der Waals surface area contributed by atoms with Gasteiger partial charge >= 0.3 is 0 Å². The molecular formula is C23H18F3N3OS2. The van der Waals surface area contributed by atoms with Crippen LogP contribution in [0, 0.1) is 17.5 Å². The van der Waals surface area contributed by atoms with Gasteiger partial charge in [-0.2, -0.15) is 0 Å². The van der Waals surface area contributed by atoms with E-state index in [1.165, 1.54) is 47.9 Å². The van der Waals surface area contributed by atoms with Crippen LogP contribution < -0.4 is 4.72 Å². The average Bonchev–Trinajstić information content (AvgIpc) is 3.20. The number of nitrogens with zero attached hydrogens (tertiary/aromatic N) is 2. The summed E-state index contributed by atoms with van der Waals surface area (Å²) in [7, 11) is -2.98. The number of aromatic nitrogens is 2. The van der Waals surface area contributed by atoms with Gasteiger partial charge in [0, 0.05) is 16.7 Å². The topological polar surface area (TPSA) is 54.9 Å². The number of halogens is 3. The Kier molecular flexibility index (Phi) is 6.03. The van der Waals surface area contributed by atoms with Gasteiger partial charge in [0.25, 0.3) is 0 Å². The minimum atomic E-state index is -2.98. The van der Waals surface area contributed by atoms with E-state index in [-0.39, 0.29) is 0 Å². The standard InChI is InChI=1S/C23H18F3N3OS2/c1-3-21-28-22(14-4-9-18(25)19(26)12-14)23(31-21)15-10-11-27-20(13-15)29-32(2,30)17-7-5-16(24)6-8-17/h4-13H,2-3H2,1H3,(H,27,29,30). The molecule has 32 heavy (non-hydrogen) atoms. The van der Waals surface area contributed by atoms with Crippen molar-refractivity contribution in [1.82, 2.24) is 9.97 Å². The van der Waals surface area contributed by atoms with E-state index in [0.717, 1.165) is 22.0 Å². The molecule has 4 aromatic rings. The van der Waals surface area contributed by atoms with Crippen LogP contribution in [0.4, 0.5) is 19.0 Å². The van der Waals surface area contributed by atoms with Crippen LogP contribution in [0.15, 0.2) is 65.7 Å². The van der Waals surface area contributed by atoms with Crippen molar-refractivity contribution in [2.45, 2.75) is 18.2 Å². The van der Waals surface area contributed by atoms with E-state index in [1.807, 2.05) is 6.92 Å². The molecule has 2 aromatic heterocycles. The number of hydrogen-bond acceptors (Lipinski definition) is 4. The van der Waals surface area contributed by atoms with E-state index in [9.17, 15) is 17.4 Å². The molecule has 9 heteroatoms. The van der Waals surface area contributed by atoms with Gasteiger partial charge in [-0.25, -0.2) is 27.3 Å². The van der Waals surface area contributed by atoms with Crippen LogP contribution in [0.1, 0.15) is 11.9 Å². The second kappa shape index (κ2) is 8.76. The number of benzene rings is 2. The Bertz CT molecular complexity index is 1380. The number of anilines is 1. The zero-order valence-electron chi connectivity index (χ0n) is 16.9. The average molecular weight is 474 g/mol. The normalized spacial score (nSPS) is 13.0. The smallest absolute Gasteiger partial charge is 0.159 e. The van der Waals surface area contributed by atoms with Crippen LogP contribution in [0.3, 0.4) is 0 Å². The highest BCUT2D eigenvalue weighted by Crippen LogP contribution is 2.38. The monoisotopic (exact) mass is 473 g/mol. The fourth-order valence-electron chi connectivity index (χ4n) is 3.06. The van der Waals surface area contributed by atoms with Crippen molar-refractivity contribution < 1.29 is 17.4 Å². The highest BCUT2D eigenvalue weighted by molar-refractivity contribution is 8.01. The highest BCUT2D eigenvalue weighted by atomic mass is 32.2. The lowest BCUT2D eigenvalue weighted by atomic mass is 10.1. The van der Waals surface area contributed by atoms with Gasteiger partial charge in [0.15, 0.2) is 11.6 Å². The molecule has 0 fully saturated rings. The number of hydrogen-bond donors (Lipinski definition) is 1. The van der Waals surface area contributed by atoms with Crippen molar-refractivity contribution in [3.8, 4) is 21.7 Å². The zero-order chi connectivity index (χ0) is 22.9. The minimum absolute atomic E-state index is 0.300. The predicted molar refractivity (Wildman–Crippen MR) is 124 cm³/mol. The molecule has 0 bridgehead atoms. The number of aryl methyl sites for hydroxylation is 1. The van der Waals surface area contributed by atoms with Crippen molar-refractivity contribution in [2.75, 3.05) is 4.72 Å². The summed E-state index contributed by atoms with van der Waals surface area (Å²) in [5.41, 5.74) is 1.69. The predicted octanol–water partition coefficient (Wildman–Crippen LogP) is 5.95. The second-order valence-corrected chi connectivity index (χ2v) is 10.0. The molecule has 164 valence electrons. The van der Waals surface area contributed by atoms with E-state index in [4.69, 9.17) is 0 Å².